The minimum Gasteiger partial charge on any atom is -0.379 e. The average Bonchev–Trinajstić information content (AvgIpc) is 2.51. The Kier molecular flexibility index (Phi) is 6.59. The minimum absolute atomic E-state index is 0.157. The van der Waals surface area contributed by atoms with Gasteiger partial charge in [-0.25, -0.2) is 0 Å². The number of carbonyl (C=O) groups is 1. The van der Waals surface area contributed by atoms with Crippen molar-refractivity contribution in [2.75, 3.05) is 19.8 Å². The Bertz CT molecular complexity index is 451. The summed E-state index contributed by atoms with van der Waals surface area (Å²) >= 11 is 0. The number of ketones is 1. The van der Waals surface area contributed by atoms with Crippen LogP contribution in [0, 0.1) is 11.3 Å². The molecular formula is C19H28O3. The maximum Gasteiger partial charge on any atom is 0.149 e. The van der Waals surface area contributed by atoms with Gasteiger partial charge in [-0.15, -0.1) is 0 Å². The van der Waals surface area contributed by atoms with Crippen molar-refractivity contribution in [2.45, 2.75) is 46.1 Å². The summed E-state index contributed by atoms with van der Waals surface area (Å²) in [6, 6.07) is 10.1. The van der Waals surface area contributed by atoms with Gasteiger partial charge in [0.15, 0.2) is 0 Å². The Labute approximate surface area is 134 Å². The molecule has 122 valence electrons. The van der Waals surface area contributed by atoms with Crippen molar-refractivity contribution >= 4 is 5.78 Å². The monoisotopic (exact) mass is 304 g/mol. The van der Waals surface area contributed by atoms with Crippen LogP contribution in [-0.4, -0.2) is 25.6 Å². The quantitative estimate of drug-likeness (QED) is 0.655. The Morgan fingerprint density at radius 3 is 2.55 bits per heavy atom. The third-order valence-electron chi connectivity index (χ3n) is 4.54. The van der Waals surface area contributed by atoms with Gasteiger partial charge in [0.25, 0.3) is 0 Å². The molecule has 0 bridgehead atoms. The first-order chi connectivity index (χ1) is 10.7. The van der Waals surface area contributed by atoms with E-state index in [1.54, 1.807) is 0 Å². The summed E-state index contributed by atoms with van der Waals surface area (Å²) in [5.74, 6) is 0.506. The number of hydrogen-bond acceptors (Lipinski definition) is 3. The largest absolute Gasteiger partial charge is 0.379 e. The zero-order valence-electron chi connectivity index (χ0n) is 13.8. The van der Waals surface area contributed by atoms with E-state index >= 15 is 0 Å². The van der Waals surface area contributed by atoms with Gasteiger partial charge in [0.05, 0.1) is 31.8 Å². The predicted octanol–water partition coefficient (Wildman–Crippen LogP) is 4.01. The van der Waals surface area contributed by atoms with E-state index in [0.717, 1.165) is 31.2 Å². The molecule has 2 rings (SSSR count). The lowest BCUT2D eigenvalue weighted by Crippen LogP contribution is -2.54. The van der Waals surface area contributed by atoms with Gasteiger partial charge in [-0.3, -0.25) is 4.79 Å². The van der Waals surface area contributed by atoms with Crippen LogP contribution in [-0.2, 0) is 20.9 Å². The molecule has 0 amide bonds. The first kappa shape index (κ1) is 17.2. The van der Waals surface area contributed by atoms with Crippen molar-refractivity contribution in [3.63, 3.8) is 0 Å². The number of unbranched alkanes of at least 4 members (excludes halogenated alkanes) is 1. The van der Waals surface area contributed by atoms with Crippen LogP contribution in [0.4, 0.5) is 0 Å². The molecule has 22 heavy (non-hydrogen) atoms. The second-order valence-electron chi connectivity index (χ2n) is 6.36. The Balaban J connectivity index is 1.89. The summed E-state index contributed by atoms with van der Waals surface area (Å²) < 4.78 is 11.2. The first-order valence-corrected chi connectivity index (χ1v) is 8.45. The van der Waals surface area contributed by atoms with E-state index in [1.807, 2.05) is 30.3 Å². The summed E-state index contributed by atoms with van der Waals surface area (Å²) in [4.78, 5) is 12.9. The van der Waals surface area contributed by atoms with E-state index in [9.17, 15) is 4.79 Å². The van der Waals surface area contributed by atoms with Crippen LogP contribution < -0.4 is 0 Å². The number of carbonyl (C=O) groups excluding carboxylic acids is 1. The fraction of sp³-hybridized carbons (Fsp3) is 0.632. The molecule has 3 nitrogen and oxygen atoms in total. The van der Waals surface area contributed by atoms with Gasteiger partial charge in [0.2, 0.25) is 0 Å². The van der Waals surface area contributed by atoms with Crippen molar-refractivity contribution in [3.8, 4) is 0 Å². The highest BCUT2D eigenvalue weighted by atomic mass is 16.5. The SMILES string of the molecule is CCCCC(CC)C(=O)C1(COCc2ccccc2)COC1. The highest BCUT2D eigenvalue weighted by Crippen LogP contribution is 2.34. The molecule has 1 unspecified atom stereocenters. The highest BCUT2D eigenvalue weighted by Gasteiger charge is 2.47. The first-order valence-electron chi connectivity index (χ1n) is 8.45. The number of Topliss-reactive ketones (excluding diaryl/α,β-unsaturated/α-hetero) is 1. The summed E-state index contributed by atoms with van der Waals surface area (Å²) in [6.45, 7) is 6.34. The molecule has 1 saturated heterocycles. The van der Waals surface area contributed by atoms with Crippen LogP contribution in [0.5, 0.6) is 0 Å². The van der Waals surface area contributed by atoms with Gasteiger partial charge in [-0.2, -0.15) is 0 Å². The number of hydrogen-bond donors (Lipinski definition) is 0. The fourth-order valence-electron chi connectivity index (χ4n) is 2.99. The van der Waals surface area contributed by atoms with Gasteiger partial charge in [-0.05, 0) is 18.4 Å². The summed E-state index contributed by atoms with van der Waals surface area (Å²) in [5.41, 5.74) is 0.742. The third-order valence-corrected chi connectivity index (χ3v) is 4.54. The molecule has 0 aliphatic carbocycles. The topological polar surface area (TPSA) is 35.5 Å². The number of benzene rings is 1. The molecule has 0 radical (unpaired) electrons. The van der Waals surface area contributed by atoms with Crippen LogP contribution in [0.15, 0.2) is 30.3 Å². The lowest BCUT2D eigenvalue weighted by atomic mass is 9.74. The molecule has 0 aromatic heterocycles. The second kappa shape index (κ2) is 8.44. The zero-order valence-corrected chi connectivity index (χ0v) is 13.8. The smallest absolute Gasteiger partial charge is 0.149 e. The average molecular weight is 304 g/mol. The molecule has 1 aliphatic rings. The summed E-state index contributed by atoms with van der Waals surface area (Å²) in [5, 5.41) is 0. The van der Waals surface area contributed by atoms with Crippen molar-refractivity contribution in [2.24, 2.45) is 11.3 Å². The van der Waals surface area contributed by atoms with E-state index in [0.29, 0.717) is 32.2 Å². The molecule has 0 saturated carbocycles. The van der Waals surface area contributed by atoms with Crippen LogP contribution in [0.1, 0.15) is 45.1 Å². The minimum atomic E-state index is -0.400. The Morgan fingerprint density at radius 2 is 2.00 bits per heavy atom. The maximum absolute atomic E-state index is 12.9. The standard InChI is InChI=1S/C19H28O3/c1-3-5-11-17(4-2)18(20)19(14-22-15-19)13-21-12-16-9-7-6-8-10-16/h6-10,17H,3-5,11-15H2,1-2H3. The lowest BCUT2D eigenvalue weighted by molar-refractivity contribution is -0.178. The van der Waals surface area contributed by atoms with E-state index in [-0.39, 0.29) is 5.92 Å². The third kappa shape index (κ3) is 4.17. The van der Waals surface area contributed by atoms with Crippen LogP contribution >= 0.6 is 0 Å². The zero-order chi connectivity index (χ0) is 15.8. The van der Waals surface area contributed by atoms with Crippen molar-refractivity contribution in [1.29, 1.82) is 0 Å². The number of ether oxygens (including phenoxy) is 2. The van der Waals surface area contributed by atoms with Gasteiger partial charge in [0.1, 0.15) is 5.78 Å². The van der Waals surface area contributed by atoms with Gasteiger partial charge >= 0.3 is 0 Å². The molecule has 1 aromatic rings. The maximum atomic E-state index is 12.9. The van der Waals surface area contributed by atoms with Crippen LogP contribution in [0.3, 0.4) is 0 Å². The van der Waals surface area contributed by atoms with E-state index in [4.69, 9.17) is 9.47 Å². The van der Waals surface area contributed by atoms with E-state index in [2.05, 4.69) is 13.8 Å². The van der Waals surface area contributed by atoms with E-state index in [1.165, 1.54) is 0 Å². The molecule has 1 heterocycles. The van der Waals surface area contributed by atoms with Crippen molar-refractivity contribution < 1.29 is 14.3 Å². The summed E-state index contributed by atoms with van der Waals surface area (Å²) in [7, 11) is 0. The molecule has 0 spiro atoms. The lowest BCUT2D eigenvalue weighted by Gasteiger charge is -2.41. The molecule has 1 atom stereocenters. The normalized spacial score (nSPS) is 17.7. The van der Waals surface area contributed by atoms with Crippen molar-refractivity contribution in [1.82, 2.24) is 0 Å². The molecular weight excluding hydrogens is 276 g/mol. The van der Waals surface area contributed by atoms with Crippen LogP contribution in [0.25, 0.3) is 0 Å². The number of rotatable bonds is 10. The molecule has 1 aliphatic heterocycles. The van der Waals surface area contributed by atoms with Crippen molar-refractivity contribution in [3.05, 3.63) is 35.9 Å². The second-order valence-corrected chi connectivity index (χ2v) is 6.36. The van der Waals surface area contributed by atoms with E-state index < -0.39 is 5.41 Å². The predicted molar refractivity (Wildman–Crippen MR) is 87.7 cm³/mol. The highest BCUT2D eigenvalue weighted by molar-refractivity contribution is 5.88. The van der Waals surface area contributed by atoms with Gasteiger partial charge in [0, 0.05) is 5.92 Å². The molecule has 1 aromatic carbocycles. The Morgan fingerprint density at radius 1 is 1.27 bits per heavy atom. The fourth-order valence-corrected chi connectivity index (χ4v) is 2.99. The van der Waals surface area contributed by atoms with Crippen LogP contribution in [0.2, 0.25) is 0 Å². The summed E-state index contributed by atoms with van der Waals surface area (Å²) in [6.07, 6.45) is 4.16. The Hall–Kier alpha value is -1.19. The van der Waals surface area contributed by atoms with Gasteiger partial charge < -0.3 is 9.47 Å². The molecule has 0 N–H and O–H groups in total. The van der Waals surface area contributed by atoms with Gasteiger partial charge in [-0.1, -0.05) is 57.0 Å². The molecule has 3 heteroatoms. The molecule has 1 fully saturated rings.